The Morgan fingerprint density at radius 3 is 2.61 bits per heavy atom. The summed E-state index contributed by atoms with van der Waals surface area (Å²) in [5.41, 5.74) is 0. The van der Waals surface area contributed by atoms with Crippen LogP contribution in [0.25, 0.3) is 0 Å². The Bertz CT molecular complexity index is 736. The van der Waals surface area contributed by atoms with Crippen LogP contribution in [0, 0.1) is 5.92 Å². The first-order valence-electron chi connectivity index (χ1n) is 8.85. The van der Waals surface area contributed by atoms with Crippen LogP contribution in [0.1, 0.15) is 18.6 Å². The molecule has 154 valence electrons. The summed E-state index contributed by atoms with van der Waals surface area (Å²) in [6, 6.07) is 4.51. The van der Waals surface area contributed by atoms with Crippen LogP contribution in [0.4, 0.5) is 13.2 Å². The summed E-state index contributed by atoms with van der Waals surface area (Å²) in [5.74, 6) is -1.17. The largest absolute Gasteiger partial charge is 0.490 e. The zero-order chi connectivity index (χ0) is 20.1. The maximum atomic E-state index is 10.6. The molecule has 1 saturated heterocycles. The summed E-state index contributed by atoms with van der Waals surface area (Å²) in [5, 5.41) is 14.9. The van der Waals surface area contributed by atoms with Gasteiger partial charge in [0.25, 0.3) is 0 Å². The second-order valence-corrected chi connectivity index (χ2v) is 6.75. The van der Waals surface area contributed by atoms with Gasteiger partial charge in [0.15, 0.2) is 0 Å². The second-order valence-electron chi connectivity index (χ2n) is 6.75. The van der Waals surface area contributed by atoms with Crippen LogP contribution < -0.4 is 0 Å². The van der Waals surface area contributed by atoms with E-state index in [0.717, 1.165) is 32.0 Å². The van der Waals surface area contributed by atoms with E-state index in [1.807, 2.05) is 12.1 Å². The summed E-state index contributed by atoms with van der Waals surface area (Å²) < 4.78 is 45.4. The molecule has 3 heterocycles. The average molecular weight is 402 g/mol. The van der Waals surface area contributed by atoms with Crippen molar-refractivity contribution in [1.82, 2.24) is 19.7 Å². The monoisotopic (exact) mass is 402 g/mol. The number of furan rings is 1. The van der Waals surface area contributed by atoms with Crippen LogP contribution in [0.2, 0.25) is 0 Å². The van der Waals surface area contributed by atoms with E-state index in [0.29, 0.717) is 18.1 Å². The molecule has 2 aromatic rings. The van der Waals surface area contributed by atoms with Crippen molar-refractivity contribution in [2.24, 2.45) is 5.92 Å². The topological polar surface area (TPSA) is 93.6 Å². The molecule has 0 spiro atoms. The van der Waals surface area contributed by atoms with Crippen LogP contribution in [0.15, 0.2) is 35.5 Å². The molecule has 2 aromatic heterocycles. The van der Waals surface area contributed by atoms with Gasteiger partial charge < -0.3 is 18.8 Å². The molecular weight excluding hydrogens is 381 g/mol. The number of carboxylic acid groups (broad SMARTS) is 1. The van der Waals surface area contributed by atoms with Crippen molar-refractivity contribution >= 4 is 5.97 Å². The van der Waals surface area contributed by atoms with Crippen molar-refractivity contribution in [2.45, 2.75) is 44.3 Å². The van der Waals surface area contributed by atoms with Crippen LogP contribution in [-0.2, 0) is 22.6 Å². The maximum Gasteiger partial charge on any atom is 0.490 e. The molecular formula is C17H21F3N4O4. The first-order valence-corrected chi connectivity index (χ1v) is 8.85. The summed E-state index contributed by atoms with van der Waals surface area (Å²) in [6.45, 7) is 3.63. The SMILES string of the molecule is O=C(O)C(F)(F)F.c1coc(CN2CCOC3C(Cn4cnnc4)CCC32)c1. The molecule has 0 radical (unpaired) electrons. The van der Waals surface area contributed by atoms with Crippen molar-refractivity contribution in [1.29, 1.82) is 0 Å². The lowest BCUT2D eigenvalue weighted by Crippen LogP contribution is -2.50. The number of hydrogen-bond acceptors (Lipinski definition) is 6. The van der Waals surface area contributed by atoms with Gasteiger partial charge in [-0.05, 0) is 25.0 Å². The highest BCUT2D eigenvalue weighted by Gasteiger charge is 2.42. The Kier molecular flexibility index (Phi) is 6.35. The number of ether oxygens (including phenoxy) is 1. The molecule has 11 heteroatoms. The summed E-state index contributed by atoms with van der Waals surface area (Å²) in [4.78, 5) is 11.4. The van der Waals surface area contributed by atoms with Crippen molar-refractivity contribution in [2.75, 3.05) is 13.2 Å². The van der Waals surface area contributed by atoms with Crippen molar-refractivity contribution in [3.05, 3.63) is 36.8 Å². The van der Waals surface area contributed by atoms with Gasteiger partial charge in [0, 0.05) is 25.0 Å². The Morgan fingerprint density at radius 2 is 2.00 bits per heavy atom. The lowest BCUT2D eigenvalue weighted by Gasteiger charge is -2.38. The Hall–Kier alpha value is -2.40. The molecule has 2 fully saturated rings. The molecule has 0 amide bonds. The highest BCUT2D eigenvalue weighted by Crippen LogP contribution is 2.36. The predicted molar refractivity (Wildman–Crippen MR) is 89.1 cm³/mol. The minimum absolute atomic E-state index is 0.316. The number of morpholine rings is 1. The molecule has 1 saturated carbocycles. The summed E-state index contributed by atoms with van der Waals surface area (Å²) >= 11 is 0. The summed E-state index contributed by atoms with van der Waals surface area (Å²) in [7, 11) is 0. The molecule has 8 nitrogen and oxygen atoms in total. The quantitative estimate of drug-likeness (QED) is 0.838. The van der Waals surface area contributed by atoms with Crippen LogP contribution in [0.3, 0.4) is 0 Å². The average Bonchev–Trinajstić information content (AvgIpc) is 3.38. The minimum atomic E-state index is -5.08. The van der Waals surface area contributed by atoms with Crippen LogP contribution in [-0.4, -0.2) is 62.2 Å². The third-order valence-corrected chi connectivity index (χ3v) is 4.93. The van der Waals surface area contributed by atoms with Gasteiger partial charge >= 0.3 is 12.1 Å². The molecule has 0 bridgehead atoms. The zero-order valence-corrected chi connectivity index (χ0v) is 15.0. The number of nitrogens with zero attached hydrogens (tertiary/aromatic N) is 4. The predicted octanol–water partition coefficient (Wildman–Crippen LogP) is 2.18. The third-order valence-electron chi connectivity index (χ3n) is 4.93. The smallest absolute Gasteiger partial charge is 0.475 e. The molecule has 28 heavy (non-hydrogen) atoms. The molecule has 3 atom stereocenters. The molecule has 1 aliphatic carbocycles. The molecule has 4 rings (SSSR count). The highest BCUT2D eigenvalue weighted by atomic mass is 19.4. The minimum Gasteiger partial charge on any atom is -0.475 e. The van der Waals surface area contributed by atoms with E-state index >= 15 is 0 Å². The van der Waals surface area contributed by atoms with E-state index < -0.39 is 12.1 Å². The fourth-order valence-corrected chi connectivity index (χ4v) is 3.72. The van der Waals surface area contributed by atoms with Gasteiger partial charge in [-0.25, -0.2) is 4.79 Å². The standard InChI is InChI=1S/C15H20N4O2.C2HF3O2/c1-2-13(20-6-1)9-19-5-7-21-15-12(3-4-14(15)19)8-18-10-16-17-11-18;3-2(4,5)1(6)7/h1-2,6,10-12,14-15H,3-5,7-9H2;(H,6,7). The molecule has 2 aliphatic rings. The number of hydrogen-bond donors (Lipinski definition) is 1. The highest BCUT2D eigenvalue weighted by molar-refractivity contribution is 5.73. The number of halogens is 3. The van der Waals surface area contributed by atoms with Gasteiger partial charge in [-0.15, -0.1) is 10.2 Å². The molecule has 1 N–H and O–H groups in total. The van der Waals surface area contributed by atoms with E-state index in [1.54, 1.807) is 18.9 Å². The molecule has 0 aromatic carbocycles. The van der Waals surface area contributed by atoms with Crippen LogP contribution in [0.5, 0.6) is 0 Å². The first-order chi connectivity index (χ1) is 13.3. The number of carboxylic acids is 1. The molecule has 1 aliphatic heterocycles. The first kappa shape index (κ1) is 20.3. The molecule has 3 unspecified atom stereocenters. The number of alkyl halides is 3. The van der Waals surface area contributed by atoms with Gasteiger partial charge in [0.1, 0.15) is 18.4 Å². The Morgan fingerprint density at radius 1 is 1.29 bits per heavy atom. The van der Waals surface area contributed by atoms with Gasteiger partial charge in [0.2, 0.25) is 0 Å². The lowest BCUT2D eigenvalue weighted by atomic mass is 10.0. The van der Waals surface area contributed by atoms with E-state index in [4.69, 9.17) is 19.1 Å². The van der Waals surface area contributed by atoms with Gasteiger partial charge in [-0.3, -0.25) is 4.90 Å². The van der Waals surface area contributed by atoms with Crippen LogP contribution >= 0.6 is 0 Å². The number of aliphatic carboxylic acids is 1. The fourth-order valence-electron chi connectivity index (χ4n) is 3.72. The Labute approximate surface area is 158 Å². The van der Waals surface area contributed by atoms with E-state index in [2.05, 4.69) is 19.7 Å². The van der Waals surface area contributed by atoms with E-state index in [9.17, 15) is 13.2 Å². The normalized spacial score (nSPS) is 25.0. The number of aromatic nitrogens is 3. The second kappa shape index (κ2) is 8.74. The number of fused-ring (bicyclic) bond motifs is 1. The van der Waals surface area contributed by atoms with Gasteiger partial charge in [-0.2, -0.15) is 13.2 Å². The van der Waals surface area contributed by atoms with E-state index in [-0.39, 0.29) is 0 Å². The third kappa shape index (κ3) is 5.10. The van der Waals surface area contributed by atoms with Gasteiger partial charge in [-0.1, -0.05) is 0 Å². The van der Waals surface area contributed by atoms with Crippen molar-refractivity contribution in [3.63, 3.8) is 0 Å². The lowest BCUT2D eigenvalue weighted by molar-refractivity contribution is -0.192. The van der Waals surface area contributed by atoms with E-state index in [1.165, 1.54) is 12.8 Å². The Balaban J connectivity index is 0.000000279. The fraction of sp³-hybridized carbons (Fsp3) is 0.588. The van der Waals surface area contributed by atoms with Gasteiger partial charge in [0.05, 0.1) is 25.5 Å². The maximum absolute atomic E-state index is 10.6. The number of rotatable bonds is 4. The summed E-state index contributed by atoms with van der Waals surface area (Å²) in [6.07, 6.45) is 2.95. The van der Waals surface area contributed by atoms with Crippen molar-refractivity contribution in [3.8, 4) is 0 Å². The zero-order valence-electron chi connectivity index (χ0n) is 15.0. The van der Waals surface area contributed by atoms with Crippen molar-refractivity contribution < 1.29 is 32.2 Å². The number of carbonyl (C=O) groups is 1.